The highest BCUT2D eigenvalue weighted by Crippen LogP contribution is 2.65. The molecule has 4 aliphatic carbocycles. The zero-order valence-electron chi connectivity index (χ0n) is 14.5. The van der Waals surface area contributed by atoms with E-state index < -0.39 is 11.8 Å². The number of halogens is 1. The molecule has 4 saturated carbocycles. The molecule has 3 amide bonds. The molecule has 0 spiro atoms. The second kappa shape index (κ2) is 5.18. The number of amides is 3. The smallest absolute Gasteiger partial charge is 0.270 e. The van der Waals surface area contributed by atoms with Crippen molar-refractivity contribution in [2.45, 2.75) is 49.3 Å². The summed E-state index contributed by atoms with van der Waals surface area (Å²) in [5.74, 6) is -0.150. The molecule has 1 heterocycles. The van der Waals surface area contributed by atoms with Crippen LogP contribution in [0.15, 0.2) is 18.2 Å². The average Bonchev–Trinajstić information content (AvgIpc) is 2.76. The molecule has 0 aromatic heterocycles. The number of rotatable bonds is 2. The quantitative estimate of drug-likeness (QED) is 0.454. The Bertz CT molecular complexity index is 851. The van der Waals surface area contributed by atoms with Crippen molar-refractivity contribution < 1.29 is 14.4 Å². The number of nitrogens with zero attached hydrogens (tertiary/aromatic N) is 1. The molecule has 0 radical (unpaired) electrons. The van der Waals surface area contributed by atoms with E-state index in [1.165, 1.54) is 19.3 Å². The number of hydrogen-bond donors (Lipinski definition) is 1. The van der Waals surface area contributed by atoms with Crippen LogP contribution in [0.1, 0.15) is 65.7 Å². The average molecular weight is 417 g/mol. The lowest BCUT2D eigenvalue weighted by Crippen LogP contribution is -2.54. The number of nitrogens with two attached hydrogens (primary N) is 1. The Kier molecular flexibility index (Phi) is 3.29. The minimum atomic E-state index is -0.564. The van der Waals surface area contributed by atoms with Gasteiger partial charge in [-0.2, -0.15) is 0 Å². The molecule has 4 bridgehead atoms. The lowest BCUT2D eigenvalue weighted by Gasteiger charge is -2.60. The molecule has 5 aliphatic rings. The van der Waals surface area contributed by atoms with Gasteiger partial charge in [0.15, 0.2) is 0 Å². The van der Waals surface area contributed by atoms with Gasteiger partial charge in [0.1, 0.15) is 0 Å². The summed E-state index contributed by atoms with van der Waals surface area (Å²) in [7, 11) is 0. The van der Waals surface area contributed by atoms with E-state index in [1.54, 1.807) is 18.2 Å². The number of carbonyl (C=O) groups excluding carboxylic acids is 3. The van der Waals surface area contributed by atoms with Crippen LogP contribution in [-0.4, -0.2) is 26.9 Å². The molecule has 2 unspecified atom stereocenters. The van der Waals surface area contributed by atoms with Crippen molar-refractivity contribution in [1.29, 1.82) is 0 Å². The van der Waals surface area contributed by atoms with Gasteiger partial charge in [-0.05, 0) is 67.9 Å². The SMILES string of the molecule is Nc1cccc2c1C(=O)N(C(=O)CC13C[C@@H]4C[C@@H](CC(Br)(C4)C1)C3)C2=O. The van der Waals surface area contributed by atoms with E-state index >= 15 is 0 Å². The maximum absolute atomic E-state index is 13.1. The van der Waals surface area contributed by atoms with Gasteiger partial charge in [0.2, 0.25) is 5.91 Å². The second-order valence-corrected chi connectivity index (χ2v) is 10.6. The number of nitrogen functional groups attached to an aromatic ring is 1. The van der Waals surface area contributed by atoms with E-state index in [1.807, 2.05) is 0 Å². The van der Waals surface area contributed by atoms with Gasteiger partial charge in [0.25, 0.3) is 11.8 Å². The van der Waals surface area contributed by atoms with Crippen LogP contribution in [0.2, 0.25) is 0 Å². The molecule has 6 heteroatoms. The molecule has 4 fully saturated rings. The van der Waals surface area contributed by atoms with E-state index in [0.29, 0.717) is 11.8 Å². The van der Waals surface area contributed by atoms with Gasteiger partial charge in [-0.3, -0.25) is 14.4 Å². The molecule has 26 heavy (non-hydrogen) atoms. The first-order valence-corrected chi connectivity index (χ1v) is 10.1. The Morgan fingerprint density at radius 3 is 2.46 bits per heavy atom. The zero-order chi connectivity index (χ0) is 18.3. The number of hydrogen-bond acceptors (Lipinski definition) is 4. The third kappa shape index (κ3) is 2.24. The Labute approximate surface area is 160 Å². The van der Waals surface area contributed by atoms with Crippen molar-refractivity contribution in [3.05, 3.63) is 29.3 Å². The molecular weight excluding hydrogens is 396 g/mol. The molecule has 1 aromatic carbocycles. The van der Waals surface area contributed by atoms with Crippen LogP contribution in [0, 0.1) is 17.3 Å². The van der Waals surface area contributed by atoms with Crippen LogP contribution in [0.25, 0.3) is 0 Å². The molecular formula is C20H21BrN2O3. The van der Waals surface area contributed by atoms with Gasteiger partial charge in [-0.1, -0.05) is 22.0 Å². The predicted octanol–water partition coefficient (Wildman–Crippen LogP) is 3.52. The van der Waals surface area contributed by atoms with Crippen molar-refractivity contribution in [2.75, 3.05) is 5.73 Å². The monoisotopic (exact) mass is 416 g/mol. The fourth-order valence-electron chi connectivity index (χ4n) is 6.48. The molecule has 0 saturated heterocycles. The Balaban J connectivity index is 1.43. The number of carbonyl (C=O) groups is 3. The molecule has 2 N–H and O–H groups in total. The van der Waals surface area contributed by atoms with Crippen LogP contribution >= 0.6 is 15.9 Å². The highest BCUT2D eigenvalue weighted by Gasteiger charge is 2.58. The summed E-state index contributed by atoms with van der Waals surface area (Å²) in [5, 5.41) is 0. The number of fused-ring (bicyclic) bond motifs is 1. The summed E-state index contributed by atoms with van der Waals surface area (Å²) in [6.07, 6.45) is 6.93. The van der Waals surface area contributed by atoms with Crippen LogP contribution in [0.3, 0.4) is 0 Å². The fourth-order valence-corrected chi connectivity index (χ4v) is 7.99. The lowest BCUT2D eigenvalue weighted by atomic mass is 9.48. The van der Waals surface area contributed by atoms with Crippen molar-refractivity contribution in [3.8, 4) is 0 Å². The Morgan fingerprint density at radius 2 is 1.85 bits per heavy atom. The number of imide groups is 3. The summed E-state index contributed by atoms with van der Waals surface area (Å²) >= 11 is 3.95. The summed E-state index contributed by atoms with van der Waals surface area (Å²) < 4.78 is 0.143. The molecule has 4 atom stereocenters. The fraction of sp³-hybridized carbons (Fsp3) is 0.550. The molecule has 1 aromatic rings. The summed E-state index contributed by atoms with van der Waals surface area (Å²) in [6.45, 7) is 0. The first kappa shape index (κ1) is 16.5. The summed E-state index contributed by atoms with van der Waals surface area (Å²) in [5.41, 5.74) is 6.47. The largest absolute Gasteiger partial charge is 0.398 e. The topological polar surface area (TPSA) is 80.5 Å². The first-order chi connectivity index (χ1) is 12.3. The van der Waals surface area contributed by atoms with E-state index in [9.17, 15) is 14.4 Å². The van der Waals surface area contributed by atoms with Gasteiger partial charge < -0.3 is 5.73 Å². The van der Waals surface area contributed by atoms with Crippen LogP contribution in [0.5, 0.6) is 0 Å². The summed E-state index contributed by atoms with van der Waals surface area (Å²) in [4.78, 5) is 39.3. The van der Waals surface area contributed by atoms with Gasteiger partial charge in [-0.25, -0.2) is 4.90 Å². The standard InChI is InChI=1S/C20H21BrN2O3/c21-20-7-11-4-12(8-20)6-19(5-11,10-20)9-15(24)23-17(25)13-2-1-3-14(22)16(13)18(23)26/h1-3,11-12H,4-10,22H2/t11-,12+,19?,20?. The third-order valence-corrected chi connectivity index (χ3v) is 7.76. The van der Waals surface area contributed by atoms with Crippen LogP contribution in [0.4, 0.5) is 5.69 Å². The van der Waals surface area contributed by atoms with Crippen molar-refractivity contribution in [1.82, 2.24) is 4.90 Å². The van der Waals surface area contributed by atoms with Crippen LogP contribution < -0.4 is 5.73 Å². The summed E-state index contributed by atoms with van der Waals surface area (Å²) in [6, 6.07) is 4.80. The number of benzene rings is 1. The van der Waals surface area contributed by atoms with Crippen molar-refractivity contribution in [3.63, 3.8) is 0 Å². The van der Waals surface area contributed by atoms with Crippen LogP contribution in [-0.2, 0) is 4.79 Å². The maximum Gasteiger partial charge on any atom is 0.270 e. The highest BCUT2D eigenvalue weighted by atomic mass is 79.9. The van der Waals surface area contributed by atoms with Crippen molar-refractivity contribution >= 4 is 39.3 Å². The molecule has 5 nitrogen and oxygen atoms in total. The van der Waals surface area contributed by atoms with Gasteiger partial charge in [0, 0.05) is 16.4 Å². The van der Waals surface area contributed by atoms with E-state index in [-0.39, 0.29) is 38.9 Å². The second-order valence-electron chi connectivity index (χ2n) is 8.90. The molecule has 136 valence electrons. The van der Waals surface area contributed by atoms with Gasteiger partial charge >= 0.3 is 0 Å². The van der Waals surface area contributed by atoms with Crippen molar-refractivity contribution in [2.24, 2.45) is 17.3 Å². The van der Waals surface area contributed by atoms with Gasteiger partial charge in [0.05, 0.1) is 11.1 Å². The third-order valence-electron chi connectivity index (χ3n) is 6.83. The van der Waals surface area contributed by atoms with E-state index in [0.717, 1.165) is 24.2 Å². The first-order valence-electron chi connectivity index (χ1n) is 9.28. The van der Waals surface area contributed by atoms with E-state index in [4.69, 9.17) is 5.73 Å². The van der Waals surface area contributed by atoms with Gasteiger partial charge in [-0.15, -0.1) is 0 Å². The minimum Gasteiger partial charge on any atom is -0.398 e. The maximum atomic E-state index is 13.1. The lowest BCUT2D eigenvalue weighted by molar-refractivity contribution is -0.133. The minimum absolute atomic E-state index is 0.0778. The molecule has 1 aliphatic heterocycles. The Hall–Kier alpha value is -1.69. The molecule has 6 rings (SSSR count). The number of alkyl halides is 1. The zero-order valence-corrected chi connectivity index (χ0v) is 16.0. The predicted molar refractivity (Wildman–Crippen MR) is 99.8 cm³/mol. The number of anilines is 1. The Morgan fingerprint density at radius 1 is 1.15 bits per heavy atom. The van der Waals surface area contributed by atoms with E-state index in [2.05, 4.69) is 15.9 Å². The highest BCUT2D eigenvalue weighted by molar-refractivity contribution is 9.10. The normalized spacial score (nSPS) is 37.3.